The van der Waals surface area contributed by atoms with E-state index in [0.29, 0.717) is 18.1 Å². The van der Waals surface area contributed by atoms with Gasteiger partial charge in [0.25, 0.3) is 0 Å². The van der Waals surface area contributed by atoms with Crippen LogP contribution in [0.1, 0.15) is 28.3 Å². The van der Waals surface area contributed by atoms with Crippen LogP contribution in [0.4, 0.5) is 0 Å². The maximum atomic E-state index is 6.11. The smallest absolute Gasteiger partial charge is 0.177 e. The summed E-state index contributed by atoms with van der Waals surface area (Å²) in [6, 6.07) is 21.6. The van der Waals surface area contributed by atoms with Crippen LogP contribution in [0.15, 0.2) is 76.4 Å². The van der Waals surface area contributed by atoms with Crippen LogP contribution >= 0.6 is 0 Å². The standard InChI is InChI=1S/C23H23N5O2/c1-16-11-17(2)28(25-16)14-18-7-6-10-20(12-18)23(24)27-29-15-21-13-22(26-30-21)19-8-4-3-5-9-19/h3-13H,14-15H2,1-2H3,(H2,24,27). The summed E-state index contributed by atoms with van der Waals surface area (Å²) in [6.07, 6.45) is 0. The number of amidine groups is 1. The lowest BCUT2D eigenvalue weighted by Crippen LogP contribution is -2.14. The average molecular weight is 401 g/mol. The molecule has 0 saturated heterocycles. The first kappa shape index (κ1) is 19.4. The molecule has 152 valence electrons. The average Bonchev–Trinajstić information content (AvgIpc) is 3.35. The Morgan fingerprint density at radius 1 is 1.07 bits per heavy atom. The lowest BCUT2D eigenvalue weighted by molar-refractivity contribution is 0.109. The van der Waals surface area contributed by atoms with Crippen molar-refractivity contribution < 1.29 is 9.36 Å². The molecule has 0 atom stereocenters. The minimum absolute atomic E-state index is 0.145. The second-order valence-electron chi connectivity index (χ2n) is 7.08. The number of hydrogen-bond acceptors (Lipinski definition) is 5. The van der Waals surface area contributed by atoms with Gasteiger partial charge < -0.3 is 15.1 Å². The van der Waals surface area contributed by atoms with Crippen molar-refractivity contribution >= 4 is 5.84 Å². The van der Waals surface area contributed by atoms with Gasteiger partial charge in [-0.1, -0.05) is 58.8 Å². The van der Waals surface area contributed by atoms with E-state index >= 15 is 0 Å². The van der Waals surface area contributed by atoms with Crippen molar-refractivity contribution in [3.63, 3.8) is 0 Å². The summed E-state index contributed by atoms with van der Waals surface area (Å²) >= 11 is 0. The summed E-state index contributed by atoms with van der Waals surface area (Å²) in [4.78, 5) is 5.38. The second-order valence-corrected chi connectivity index (χ2v) is 7.08. The third-order valence-corrected chi connectivity index (χ3v) is 4.66. The van der Waals surface area contributed by atoms with Gasteiger partial charge in [-0.05, 0) is 31.5 Å². The van der Waals surface area contributed by atoms with E-state index in [0.717, 1.165) is 33.8 Å². The van der Waals surface area contributed by atoms with Crippen molar-refractivity contribution in [3.8, 4) is 11.3 Å². The molecule has 2 heterocycles. The maximum Gasteiger partial charge on any atom is 0.177 e. The van der Waals surface area contributed by atoms with Gasteiger partial charge in [0.2, 0.25) is 0 Å². The number of aryl methyl sites for hydroxylation is 2. The van der Waals surface area contributed by atoms with E-state index in [-0.39, 0.29) is 6.61 Å². The van der Waals surface area contributed by atoms with E-state index in [4.69, 9.17) is 15.1 Å². The van der Waals surface area contributed by atoms with Crippen LogP contribution in [-0.2, 0) is 18.0 Å². The third-order valence-electron chi connectivity index (χ3n) is 4.66. The fourth-order valence-electron chi connectivity index (χ4n) is 3.18. The third kappa shape index (κ3) is 4.57. The van der Waals surface area contributed by atoms with Crippen molar-refractivity contribution in [2.45, 2.75) is 27.0 Å². The Kier molecular flexibility index (Phi) is 5.61. The van der Waals surface area contributed by atoms with E-state index in [9.17, 15) is 0 Å². The molecule has 0 unspecified atom stereocenters. The molecule has 2 N–H and O–H groups in total. The number of hydrogen-bond donors (Lipinski definition) is 1. The zero-order valence-electron chi connectivity index (χ0n) is 16.9. The van der Waals surface area contributed by atoms with Crippen LogP contribution in [-0.4, -0.2) is 20.8 Å². The number of oxime groups is 1. The molecule has 0 aliphatic rings. The van der Waals surface area contributed by atoms with Crippen LogP contribution in [0.25, 0.3) is 11.3 Å². The molecular weight excluding hydrogens is 378 g/mol. The van der Waals surface area contributed by atoms with Crippen LogP contribution in [0.5, 0.6) is 0 Å². The molecule has 0 aliphatic carbocycles. The van der Waals surface area contributed by atoms with Gasteiger partial charge in [0.15, 0.2) is 18.2 Å². The highest BCUT2D eigenvalue weighted by atomic mass is 16.6. The van der Waals surface area contributed by atoms with Crippen LogP contribution in [0.3, 0.4) is 0 Å². The first-order valence-electron chi connectivity index (χ1n) is 9.65. The predicted octanol–water partition coefficient (Wildman–Crippen LogP) is 4.04. The normalized spacial score (nSPS) is 11.6. The zero-order chi connectivity index (χ0) is 20.9. The summed E-state index contributed by atoms with van der Waals surface area (Å²) < 4.78 is 7.28. The molecule has 0 aliphatic heterocycles. The minimum atomic E-state index is 0.145. The number of benzene rings is 2. The van der Waals surface area contributed by atoms with Crippen molar-refractivity contribution in [2.24, 2.45) is 10.9 Å². The molecule has 7 heteroatoms. The summed E-state index contributed by atoms with van der Waals surface area (Å²) in [5, 5.41) is 12.6. The molecule has 4 rings (SSSR count). The number of aromatic nitrogens is 3. The molecule has 0 saturated carbocycles. The minimum Gasteiger partial charge on any atom is -0.386 e. The van der Waals surface area contributed by atoms with Crippen molar-refractivity contribution in [2.75, 3.05) is 0 Å². The molecule has 0 amide bonds. The molecule has 0 fully saturated rings. The molecule has 7 nitrogen and oxygen atoms in total. The van der Waals surface area contributed by atoms with E-state index in [1.54, 1.807) is 0 Å². The van der Waals surface area contributed by atoms with E-state index in [1.807, 2.05) is 79.2 Å². The fraction of sp³-hybridized carbons (Fsp3) is 0.174. The zero-order valence-corrected chi connectivity index (χ0v) is 16.9. The molecule has 2 aromatic heterocycles. The van der Waals surface area contributed by atoms with Gasteiger partial charge in [0, 0.05) is 22.9 Å². The Labute approximate surface area is 174 Å². The highest BCUT2D eigenvalue weighted by molar-refractivity contribution is 5.97. The van der Waals surface area contributed by atoms with Gasteiger partial charge in [-0.2, -0.15) is 5.10 Å². The van der Waals surface area contributed by atoms with Crippen molar-refractivity contribution in [1.82, 2.24) is 14.9 Å². The number of nitrogens with zero attached hydrogens (tertiary/aromatic N) is 4. The monoisotopic (exact) mass is 401 g/mol. The summed E-state index contributed by atoms with van der Waals surface area (Å²) in [5.41, 5.74) is 11.8. The Balaban J connectivity index is 1.39. The second kappa shape index (κ2) is 8.65. The van der Waals surface area contributed by atoms with Crippen molar-refractivity contribution in [1.29, 1.82) is 0 Å². The predicted molar refractivity (Wildman–Crippen MR) is 115 cm³/mol. The van der Waals surface area contributed by atoms with Crippen LogP contribution in [0.2, 0.25) is 0 Å². The van der Waals surface area contributed by atoms with Gasteiger partial charge in [0.05, 0.1) is 12.2 Å². The number of rotatable bonds is 7. The largest absolute Gasteiger partial charge is 0.386 e. The molecule has 30 heavy (non-hydrogen) atoms. The SMILES string of the molecule is Cc1cc(C)n(Cc2cccc(/C(N)=N/OCc3cc(-c4ccccc4)no3)c2)n1. The van der Waals surface area contributed by atoms with E-state index in [1.165, 1.54) is 0 Å². The first-order chi connectivity index (χ1) is 14.6. The summed E-state index contributed by atoms with van der Waals surface area (Å²) in [5.74, 6) is 0.872. The molecule has 0 radical (unpaired) electrons. The lowest BCUT2D eigenvalue weighted by atomic mass is 10.1. The maximum absolute atomic E-state index is 6.11. The Morgan fingerprint density at radius 2 is 1.90 bits per heavy atom. The highest BCUT2D eigenvalue weighted by Gasteiger charge is 2.08. The lowest BCUT2D eigenvalue weighted by Gasteiger charge is -2.07. The van der Waals surface area contributed by atoms with Gasteiger partial charge in [-0.15, -0.1) is 0 Å². The molecule has 0 spiro atoms. The van der Waals surface area contributed by atoms with Gasteiger partial charge in [-0.3, -0.25) is 4.68 Å². The van der Waals surface area contributed by atoms with Crippen molar-refractivity contribution in [3.05, 3.63) is 95.0 Å². The van der Waals surface area contributed by atoms with Crippen LogP contribution in [0, 0.1) is 13.8 Å². The van der Waals surface area contributed by atoms with E-state index in [2.05, 4.69) is 21.5 Å². The Morgan fingerprint density at radius 3 is 2.67 bits per heavy atom. The quantitative estimate of drug-likeness (QED) is 0.287. The molecule has 0 bridgehead atoms. The Bertz CT molecular complexity index is 1160. The summed E-state index contributed by atoms with van der Waals surface area (Å²) in [7, 11) is 0. The Hall–Kier alpha value is -3.87. The fourth-order valence-corrected chi connectivity index (χ4v) is 3.18. The van der Waals surface area contributed by atoms with Crippen LogP contribution < -0.4 is 5.73 Å². The topological polar surface area (TPSA) is 91.5 Å². The van der Waals surface area contributed by atoms with Gasteiger partial charge in [0.1, 0.15) is 5.69 Å². The molecule has 2 aromatic carbocycles. The molecule has 4 aromatic rings. The van der Waals surface area contributed by atoms with E-state index < -0.39 is 0 Å². The van der Waals surface area contributed by atoms with Gasteiger partial charge in [-0.25, -0.2) is 0 Å². The highest BCUT2D eigenvalue weighted by Crippen LogP contribution is 2.19. The summed E-state index contributed by atoms with van der Waals surface area (Å²) in [6.45, 7) is 4.84. The van der Waals surface area contributed by atoms with Gasteiger partial charge >= 0.3 is 0 Å². The first-order valence-corrected chi connectivity index (χ1v) is 9.65. The number of nitrogens with two attached hydrogens (primary N) is 1. The molecular formula is C23H23N5O2.